The van der Waals surface area contributed by atoms with Crippen LogP contribution in [0.3, 0.4) is 0 Å². The number of nitrogens with zero attached hydrogens (tertiary/aromatic N) is 2. The summed E-state index contributed by atoms with van der Waals surface area (Å²) < 4.78 is 44.0. The van der Waals surface area contributed by atoms with Gasteiger partial charge in [-0.05, 0) is 18.9 Å². The molecule has 2 aliphatic heterocycles. The van der Waals surface area contributed by atoms with Gasteiger partial charge in [0.05, 0.1) is 17.3 Å². The molecule has 0 radical (unpaired) electrons. The summed E-state index contributed by atoms with van der Waals surface area (Å²) in [5, 5.41) is 0.264. The van der Waals surface area contributed by atoms with Crippen LogP contribution in [0.15, 0.2) is 24.2 Å². The van der Waals surface area contributed by atoms with Crippen molar-refractivity contribution >= 4 is 32.6 Å². The summed E-state index contributed by atoms with van der Waals surface area (Å²) in [5.74, 6) is -1.84. The van der Waals surface area contributed by atoms with Crippen LogP contribution >= 0.6 is 11.3 Å². The van der Waals surface area contributed by atoms with Gasteiger partial charge in [-0.15, -0.1) is 0 Å². The summed E-state index contributed by atoms with van der Waals surface area (Å²) in [6.45, 7) is 1.53. The number of thiazole rings is 1. The van der Waals surface area contributed by atoms with Crippen molar-refractivity contribution in [2.45, 2.75) is 18.9 Å². The molecule has 2 aromatic rings. The molecule has 4 rings (SSSR count). The number of amides is 1. The third-order valence-corrected chi connectivity index (χ3v) is 5.17. The highest BCUT2D eigenvalue weighted by Crippen LogP contribution is 2.33. The van der Waals surface area contributed by atoms with Crippen LogP contribution in [0.5, 0.6) is 0 Å². The van der Waals surface area contributed by atoms with Gasteiger partial charge in [-0.2, -0.15) is 0 Å². The molecule has 1 aromatic heterocycles. The number of ether oxygens (including phenoxy) is 3. The zero-order valence-electron chi connectivity index (χ0n) is 13.7. The van der Waals surface area contributed by atoms with Crippen molar-refractivity contribution < 1.29 is 27.8 Å². The molecule has 0 aliphatic carbocycles. The fourth-order valence-corrected chi connectivity index (χ4v) is 3.93. The van der Waals surface area contributed by atoms with Crippen LogP contribution in [0, 0.1) is 11.6 Å². The molecule has 1 aromatic carbocycles. The van der Waals surface area contributed by atoms with Crippen LogP contribution in [-0.2, 0) is 19.0 Å². The second-order valence-corrected chi connectivity index (χ2v) is 6.99. The fourth-order valence-electron chi connectivity index (χ4n) is 2.91. The Morgan fingerprint density at radius 2 is 2.19 bits per heavy atom. The molecule has 0 bridgehead atoms. The van der Waals surface area contributed by atoms with Crippen molar-refractivity contribution in [3.63, 3.8) is 0 Å². The highest BCUT2D eigenvalue weighted by atomic mass is 32.1. The maximum atomic E-state index is 14.0. The van der Waals surface area contributed by atoms with Crippen molar-refractivity contribution in [3.8, 4) is 0 Å². The molecule has 1 amide bonds. The van der Waals surface area contributed by atoms with Crippen LogP contribution in [0.1, 0.15) is 12.8 Å². The van der Waals surface area contributed by atoms with Crippen LogP contribution < -0.4 is 4.90 Å². The minimum atomic E-state index is -0.761. The minimum absolute atomic E-state index is 0.0336. The Bertz CT molecular complexity index is 864. The lowest BCUT2D eigenvalue weighted by Gasteiger charge is -2.25. The number of benzene rings is 1. The van der Waals surface area contributed by atoms with Gasteiger partial charge >= 0.3 is 0 Å². The summed E-state index contributed by atoms with van der Waals surface area (Å²) in [6, 6.07) is 1.98. The molecular formula is C17H16F2N2O4S. The normalized spacial score (nSPS) is 19.8. The van der Waals surface area contributed by atoms with Crippen LogP contribution in [0.25, 0.3) is 10.2 Å². The van der Waals surface area contributed by atoms with Crippen LogP contribution in [0.4, 0.5) is 13.9 Å². The lowest BCUT2D eigenvalue weighted by molar-refractivity contribution is -0.120. The van der Waals surface area contributed by atoms with Gasteiger partial charge in [0.2, 0.25) is 5.76 Å². The lowest BCUT2D eigenvalue weighted by Crippen LogP contribution is -2.39. The van der Waals surface area contributed by atoms with Gasteiger partial charge in [0.1, 0.15) is 30.8 Å². The van der Waals surface area contributed by atoms with E-state index >= 15 is 0 Å². The quantitative estimate of drug-likeness (QED) is 0.814. The van der Waals surface area contributed by atoms with Gasteiger partial charge in [-0.1, -0.05) is 11.3 Å². The molecule has 26 heavy (non-hydrogen) atoms. The highest BCUT2D eigenvalue weighted by Gasteiger charge is 2.30. The topological polar surface area (TPSA) is 60.9 Å². The third-order valence-electron chi connectivity index (χ3n) is 4.15. The van der Waals surface area contributed by atoms with E-state index in [0.717, 1.165) is 30.2 Å². The van der Waals surface area contributed by atoms with E-state index < -0.39 is 17.5 Å². The Morgan fingerprint density at radius 1 is 1.31 bits per heavy atom. The first kappa shape index (κ1) is 17.2. The molecular weight excluding hydrogens is 366 g/mol. The molecule has 138 valence electrons. The fraction of sp³-hybridized carbons (Fsp3) is 0.412. The maximum Gasteiger partial charge on any atom is 0.298 e. The smallest absolute Gasteiger partial charge is 0.298 e. The second-order valence-electron chi connectivity index (χ2n) is 5.98. The first-order valence-electron chi connectivity index (χ1n) is 8.25. The number of carbonyl (C=O) groups excluding carboxylic acids is 1. The monoisotopic (exact) mass is 382 g/mol. The number of rotatable bonds is 4. The number of hydrogen-bond donors (Lipinski definition) is 0. The highest BCUT2D eigenvalue weighted by molar-refractivity contribution is 7.22. The predicted octanol–water partition coefficient (Wildman–Crippen LogP) is 2.97. The molecule has 9 heteroatoms. The molecule has 1 atom stereocenters. The second kappa shape index (κ2) is 7.16. The molecule has 0 spiro atoms. The zero-order valence-corrected chi connectivity index (χ0v) is 14.6. The molecule has 1 unspecified atom stereocenters. The van der Waals surface area contributed by atoms with Crippen molar-refractivity contribution in [3.05, 3.63) is 35.8 Å². The molecule has 1 saturated heterocycles. The van der Waals surface area contributed by atoms with E-state index in [-0.39, 0.29) is 35.7 Å². The summed E-state index contributed by atoms with van der Waals surface area (Å²) >= 11 is 1.04. The number of anilines is 1. The predicted molar refractivity (Wildman–Crippen MR) is 90.9 cm³/mol. The van der Waals surface area contributed by atoms with Crippen molar-refractivity contribution in [1.29, 1.82) is 0 Å². The Labute approximate surface area is 152 Å². The number of fused-ring (bicyclic) bond motifs is 1. The van der Waals surface area contributed by atoms with Gasteiger partial charge in [0.15, 0.2) is 10.9 Å². The van der Waals surface area contributed by atoms with Crippen LogP contribution in [0.2, 0.25) is 0 Å². The number of hydrogen-bond acceptors (Lipinski definition) is 6. The van der Waals surface area contributed by atoms with Crippen molar-refractivity contribution in [2.24, 2.45) is 0 Å². The lowest BCUT2D eigenvalue weighted by atomic mass is 10.2. The molecule has 3 heterocycles. The number of halogens is 2. The Kier molecular flexibility index (Phi) is 4.73. The van der Waals surface area contributed by atoms with E-state index in [1.54, 1.807) is 0 Å². The Morgan fingerprint density at radius 3 is 2.92 bits per heavy atom. The first-order chi connectivity index (χ1) is 12.6. The standard InChI is InChI=1S/C17H16F2N2O4S/c18-10-6-12(19)15-14(7-10)26-17(20-15)21(8-11-2-1-3-24-11)16(22)13-9-23-4-5-25-13/h6-7,9,11H,1-5,8H2. The number of carbonyl (C=O) groups is 1. The van der Waals surface area contributed by atoms with E-state index in [2.05, 4.69) is 4.98 Å². The third kappa shape index (κ3) is 3.36. The van der Waals surface area contributed by atoms with Gasteiger partial charge in [0.25, 0.3) is 5.91 Å². The first-order valence-corrected chi connectivity index (χ1v) is 9.07. The molecule has 1 fully saturated rings. The van der Waals surface area contributed by atoms with E-state index in [9.17, 15) is 13.6 Å². The van der Waals surface area contributed by atoms with Gasteiger partial charge in [0, 0.05) is 12.7 Å². The SMILES string of the molecule is O=C(C1=COCCO1)N(CC1CCCO1)c1nc2c(F)cc(F)cc2s1. The summed E-state index contributed by atoms with van der Waals surface area (Å²) in [7, 11) is 0. The van der Waals surface area contributed by atoms with E-state index in [4.69, 9.17) is 14.2 Å². The molecule has 0 N–H and O–H groups in total. The summed E-state index contributed by atoms with van der Waals surface area (Å²) in [5.41, 5.74) is 0.0336. The van der Waals surface area contributed by atoms with Crippen molar-refractivity contribution in [2.75, 3.05) is 31.3 Å². The van der Waals surface area contributed by atoms with Gasteiger partial charge in [-0.3, -0.25) is 9.69 Å². The van der Waals surface area contributed by atoms with E-state index in [1.807, 2.05) is 0 Å². The maximum absolute atomic E-state index is 14.0. The van der Waals surface area contributed by atoms with Crippen LogP contribution in [-0.4, -0.2) is 43.4 Å². The zero-order chi connectivity index (χ0) is 18.1. The molecule has 2 aliphatic rings. The largest absolute Gasteiger partial charge is 0.494 e. The molecule has 6 nitrogen and oxygen atoms in total. The minimum Gasteiger partial charge on any atom is -0.494 e. The Balaban J connectivity index is 1.70. The summed E-state index contributed by atoms with van der Waals surface area (Å²) in [4.78, 5) is 18.5. The average molecular weight is 382 g/mol. The van der Waals surface area contributed by atoms with E-state index in [0.29, 0.717) is 17.9 Å². The van der Waals surface area contributed by atoms with Gasteiger partial charge in [-0.25, -0.2) is 13.8 Å². The average Bonchev–Trinajstić information content (AvgIpc) is 3.29. The summed E-state index contributed by atoms with van der Waals surface area (Å²) in [6.07, 6.45) is 2.85. The van der Waals surface area contributed by atoms with Crippen molar-refractivity contribution in [1.82, 2.24) is 4.98 Å². The number of aromatic nitrogens is 1. The Hall–Kier alpha value is -2.26. The van der Waals surface area contributed by atoms with E-state index in [1.165, 1.54) is 17.2 Å². The molecule has 0 saturated carbocycles. The van der Waals surface area contributed by atoms with Gasteiger partial charge < -0.3 is 14.2 Å².